The van der Waals surface area contributed by atoms with Crippen molar-refractivity contribution in [3.63, 3.8) is 0 Å². The molecule has 0 aliphatic carbocycles. The number of nitrogens with zero attached hydrogens (tertiary/aromatic N) is 1. The first kappa shape index (κ1) is 15.0. The quantitative estimate of drug-likeness (QED) is 0.886. The minimum atomic E-state index is -3.33. The fraction of sp³-hybridized carbons (Fsp3) is 0.538. The SMILES string of the molecule is CCN(c1c(C)cc(C)cc1C)S(=O)(=O)CCN. The largest absolute Gasteiger partial charge is 0.329 e. The highest BCUT2D eigenvalue weighted by molar-refractivity contribution is 7.92. The van der Waals surface area contributed by atoms with Crippen LogP contribution in [-0.2, 0) is 10.0 Å². The molecular formula is C13H22N2O2S. The number of benzene rings is 1. The van der Waals surface area contributed by atoms with Gasteiger partial charge in [-0.3, -0.25) is 4.31 Å². The molecule has 0 saturated carbocycles. The van der Waals surface area contributed by atoms with Crippen LogP contribution < -0.4 is 10.0 Å². The van der Waals surface area contributed by atoms with Crippen molar-refractivity contribution in [3.05, 3.63) is 28.8 Å². The maximum absolute atomic E-state index is 12.2. The van der Waals surface area contributed by atoms with Crippen molar-refractivity contribution in [2.45, 2.75) is 27.7 Å². The second kappa shape index (κ2) is 5.71. The van der Waals surface area contributed by atoms with Crippen molar-refractivity contribution in [1.82, 2.24) is 0 Å². The summed E-state index contributed by atoms with van der Waals surface area (Å²) >= 11 is 0. The zero-order valence-corrected chi connectivity index (χ0v) is 12.3. The molecule has 0 aliphatic rings. The molecule has 0 fully saturated rings. The number of nitrogens with two attached hydrogens (primary N) is 1. The highest BCUT2D eigenvalue weighted by atomic mass is 32.2. The van der Waals surface area contributed by atoms with E-state index in [4.69, 9.17) is 5.73 Å². The van der Waals surface area contributed by atoms with E-state index in [1.807, 2.05) is 39.8 Å². The lowest BCUT2D eigenvalue weighted by Gasteiger charge is -2.26. The van der Waals surface area contributed by atoms with Crippen LogP contribution in [0, 0.1) is 20.8 Å². The van der Waals surface area contributed by atoms with Gasteiger partial charge in [-0.2, -0.15) is 0 Å². The zero-order chi connectivity index (χ0) is 13.9. The first-order chi connectivity index (χ1) is 8.33. The molecule has 0 atom stereocenters. The van der Waals surface area contributed by atoms with Gasteiger partial charge in [0, 0.05) is 13.1 Å². The van der Waals surface area contributed by atoms with Gasteiger partial charge in [-0.1, -0.05) is 17.7 Å². The van der Waals surface area contributed by atoms with Crippen LogP contribution in [0.25, 0.3) is 0 Å². The molecule has 1 rings (SSSR count). The molecule has 18 heavy (non-hydrogen) atoms. The maximum atomic E-state index is 12.2. The topological polar surface area (TPSA) is 63.4 Å². The molecule has 0 bridgehead atoms. The van der Waals surface area contributed by atoms with Crippen molar-refractivity contribution in [2.75, 3.05) is 23.1 Å². The Morgan fingerprint density at radius 1 is 1.17 bits per heavy atom. The van der Waals surface area contributed by atoms with Crippen molar-refractivity contribution in [2.24, 2.45) is 5.73 Å². The van der Waals surface area contributed by atoms with Crippen LogP contribution in [0.4, 0.5) is 5.69 Å². The molecule has 0 aromatic heterocycles. The molecule has 1 aromatic carbocycles. The van der Waals surface area contributed by atoms with Gasteiger partial charge in [-0.15, -0.1) is 0 Å². The summed E-state index contributed by atoms with van der Waals surface area (Å²) < 4.78 is 25.9. The van der Waals surface area contributed by atoms with Crippen molar-refractivity contribution in [1.29, 1.82) is 0 Å². The third kappa shape index (κ3) is 3.03. The molecule has 0 saturated heterocycles. The van der Waals surface area contributed by atoms with Gasteiger partial charge in [0.2, 0.25) is 10.0 Å². The first-order valence-corrected chi connectivity index (χ1v) is 7.72. The molecule has 0 aliphatic heterocycles. The summed E-state index contributed by atoms with van der Waals surface area (Å²) in [5, 5.41) is 0. The summed E-state index contributed by atoms with van der Waals surface area (Å²) in [5.41, 5.74) is 9.27. The first-order valence-electron chi connectivity index (χ1n) is 6.11. The Morgan fingerprint density at radius 2 is 1.67 bits per heavy atom. The Labute approximate surface area is 110 Å². The van der Waals surface area contributed by atoms with Crippen LogP contribution in [0.2, 0.25) is 0 Å². The number of aryl methyl sites for hydroxylation is 3. The van der Waals surface area contributed by atoms with Crippen LogP contribution in [0.1, 0.15) is 23.6 Å². The van der Waals surface area contributed by atoms with Gasteiger partial charge in [0.05, 0.1) is 11.4 Å². The second-order valence-corrected chi connectivity index (χ2v) is 6.53. The minimum absolute atomic E-state index is 0.0202. The summed E-state index contributed by atoms with van der Waals surface area (Å²) in [5.74, 6) is -0.0202. The molecule has 1 aromatic rings. The van der Waals surface area contributed by atoms with E-state index in [1.54, 1.807) is 0 Å². The maximum Gasteiger partial charge on any atom is 0.236 e. The van der Waals surface area contributed by atoms with E-state index in [9.17, 15) is 8.42 Å². The summed E-state index contributed by atoms with van der Waals surface area (Å²) in [4.78, 5) is 0. The van der Waals surface area contributed by atoms with Crippen LogP contribution in [0.3, 0.4) is 0 Å². The van der Waals surface area contributed by atoms with Gasteiger partial charge in [0.15, 0.2) is 0 Å². The van der Waals surface area contributed by atoms with Gasteiger partial charge in [-0.05, 0) is 38.8 Å². The molecule has 5 heteroatoms. The van der Waals surface area contributed by atoms with Crippen molar-refractivity contribution >= 4 is 15.7 Å². The average molecular weight is 270 g/mol. The lowest BCUT2D eigenvalue weighted by atomic mass is 10.1. The Morgan fingerprint density at radius 3 is 2.06 bits per heavy atom. The van der Waals surface area contributed by atoms with E-state index in [0.717, 1.165) is 22.4 Å². The molecule has 102 valence electrons. The van der Waals surface area contributed by atoms with Crippen molar-refractivity contribution < 1.29 is 8.42 Å². The number of hydrogen-bond donors (Lipinski definition) is 1. The highest BCUT2D eigenvalue weighted by Crippen LogP contribution is 2.28. The summed E-state index contributed by atoms with van der Waals surface area (Å²) in [6, 6.07) is 4.01. The minimum Gasteiger partial charge on any atom is -0.329 e. The smallest absolute Gasteiger partial charge is 0.236 e. The third-order valence-electron chi connectivity index (χ3n) is 2.88. The molecule has 2 N–H and O–H groups in total. The van der Waals surface area contributed by atoms with Gasteiger partial charge in [0.1, 0.15) is 0 Å². The highest BCUT2D eigenvalue weighted by Gasteiger charge is 2.23. The Kier molecular flexibility index (Phi) is 4.76. The Balaban J connectivity index is 3.35. The third-order valence-corrected chi connectivity index (χ3v) is 4.75. The molecular weight excluding hydrogens is 248 g/mol. The number of sulfonamides is 1. The van der Waals surface area contributed by atoms with Crippen LogP contribution in [0.5, 0.6) is 0 Å². The van der Waals surface area contributed by atoms with Crippen LogP contribution in [-0.4, -0.2) is 27.3 Å². The Bertz CT molecular complexity index is 501. The number of hydrogen-bond acceptors (Lipinski definition) is 3. The van der Waals surface area contributed by atoms with E-state index >= 15 is 0 Å². The number of anilines is 1. The average Bonchev–Trinajstić information content (AvgIpc) is 2.22. The molecule has 4 nitrogen and oxygen atoms in total. The monoisotopic (exact) mass is 270 g/mol. The lowest BCUT2D eigenvalue weighted by molar-refractivity contribution is 0.591. The fourth-order valence-electron chi connectivity index (χ4n) is 2.32. The van der Waals surface area contributed by atoms with Gasteiger partial charge >= 0.3 is 0 Å². The molecule has 0 heterocycles. The Hall–Kier alpha value is -1.07. The van der Waals surface area contributed by atoms with Gasteiger partial charge in [0.25, 0.3) is 0 Å². The molecule has 0 amide bonds. The second-order valence-electron chi connectivity index (χ2n) is 4.52. The molecule has 0 spiro atoms. The summed E-state index contributed by atoms with van der Waals surface area (Å²) in [7, 11) is -3.33. The van der Waals surface area contributed by atoms with Gasteiger partial charge < -0.3 is 5.73 Å². The standard InChI is InChI=1S/C13H22N2O2S/c1-5-15(18(16,17)7-6-14)13-11(3)8-10(2)9-12(13)4/h8-9H,5-7,14H2,1-4H3. The van der Waals surface area contributed by atoms with Crippen LogP contribution in [0.15, 0.2) is 12.1 Å². The predicted molar refractivity (Wildman–Crippen MR) is 76.5 cm³/mol. The van der Waals surface area contributed by atoms with E-state index in [1.165, 1.54) is 4.31 Å². The summed E-state index contributed by atoms with van der Waals surface area (Å²) in [6.45, 7) is 8.29. The molecule has 0 radical (unpaired) electrons. The van der Waals surface area contributed by atoms with E-state index in [0.29, 0.717) is 6.54 Å². The lowest BCUT2D eigenvalue weighted by Crippen LogP contribution is -2.36. The summed E-state index contributed by atoms with van der Waals surface area (Å²) in [6.07, 6.45) is 0. The van der Waals surface area contributed by atoms with Crippen LogP contribution >= 0.6 is 0 Å². The van der Waals surface area contributed by atoms with E-state index < -0.39 is 10.0 Å². The van der Waals surface area contributed by atoms with E-state index in [2.05, 4.69) is 0 Å². The predicted octanol–water partition coefficient (Wildman–Crippen LogP) is 1.73. The normalized spacial score (nSPS) is 11.6. The van der Waals surface area contributed by atoms with Crippen molar-refractivity contribution in [3.8, 4) is 0 Å². The van der Waals surface area contributed by atoms with Gasteiger partial charge in [-0.25, -0.2) is 8.42 Å². The number of rotatable bonds is 5. The fourth-order valence-corrected chi connectivity index (χ4v) is 3.80. The molecule has 0 unspecified atom stereocenters. The zero-order valence-electron chi connectivity index (χ0n) is 11.5. The van der Waals surface area contributed by atoms with E-state index in [-0.39, 0.29) is 12.3 Å².